The highest BCUT2D eigenvalue weighted by molar-refractivity contribution is 5.38. The van der Waals surface area contributed by atoms with Crippen LogP contribution in [0.2, 0.25) is 0 Å². The van der Waals surface area contributed by atoms with Crippen molar-refractivity contribution >= 4 is 5.82 Å². The van der Waals surface area contributed by atoms with Gasteiger partial charge in [0, 0.05) is 18.8 Å². The van der Waals surface area contributed by atoms with E-state index in [4.69, 9.17) is 5.73 Å². The van der Waals surface area contributed by atoms with Gasteiger partial charge < -0.3 is 11.1 Å². The molecule has 1 aliphatic carbocycles. The molecular formula is C14H23N3. The number of hydrogen-bond donors (Lipinski definition) is 2. The Labute approximate surface area is 104 Å². The van der Waals surface area contributed by atoms with E-state index >= 15 is 0 Å². The standard InChI is InChI=1S/C14H23N3/c1-11-7-8-16-14(9-11)17-13(10-15)12-5-3-2-4-6-12/h7-9,12-13H,2-6,10,15H2,1H3,(H,16,17). The Morgan fingerprint density at radius 1 is 1.41 bits per heavy atom. The molecule has 0 aliphatic heterocycles. The average Bonchev–Trinajstić information content (AvgIpc) is 2.37. The molecular weight excluding hydrogens is 210 g/mol. The predicted molar refractivity (Wildman–Crippen MR) is 72.0 cm³/mol. The maximum atomic E-state index is 5.90. The van der Waals surface area contributed by atoms with Gasteiger partial charge in [-0.25, -0.2) is 4.98 Å². The molecule has 1 aromatic rings. The molecule has 0 bridgehead atoms. The average molecular weight is 233 g/mol. The van der Waals surface area contributed by atoms with Crippen molar-refractivity contribution in [2.24, 2.45) is 11.7 Å². The van der Waals surface area contributed by atoms with Crippen LogP contribution in [0.5, 0.6) is 0 Å². The SMILES string of the molecule is Cc1ccnc(NC(CN)C2CCCCC2)c1. The summed E-state index contributed by atoms with van der Waals surface area (Å²) in [6.45, 7) is 2.78. The molecule has 1 saturated carbocycles. The van der Waals surface area contributed by atoms with Crippen LogP contribution in [0.4, 0.5) is 5.82 Å². The number of pyridine rings is 1. The molecule has 17 heavy (non-hydrogen) atoms. The molecule has 1 aromatic heterocycles. The van der Waals surface area contributed by atoms with Crippen LogP contribution in [0.3, 0.4) is 0 Å². The molecule has 0 amide bonds. The second kappa shape index (κ2) is 6.01. The second-order valence-electron chi connectivity index (χ2n) is 5.10. The van der Waals surface area contributed by atoms with E-state index in [2.05, 4.69) is 23.3 Å². The van der Waals surface area contributed by atoms with E-state index in [0.717, 1.165) is 11.7 Å². The summed E-state index contributed by atoms with van der Waals surface area (Å²) in [5, 5.41) is 3.50. The van der Waals surface area contributed by atoms with Crippen molar-refractivity contribution in [3.63, 3.8) is 0 Å². The molecule has 1 unspecified atom stereocenters. The molecule has 1 fully saturated rings. The number of hydrogen-bond acceptors (Lipinski definition) is 3. The van der Waals surface area contributed by atoms with E-state index in [1.807, 2.05) is 12.3 Å². The Balaban J connectivity index is 1.98. The monoisotopic (exact) mass is 233 g/mol. The molecule has 1 aliphatic rings. The highest BCUT2D eigenvalue weighted by Crippen LogP contribution is 2.27. The fourth-order valence-electron chi connectivity index (χ4n) is 2.71. The molecule has 1 heterocycles. The van der Waals surface area contributed by atoms with Crippen molar-refractivity contribution in [2.75, 3.05) is 11.9 Å². The summed E-state index contributed by atoms with van der Waals surface area (Å²) in [5.41, 5.74) is 7.14. The fourth-order valence-corrected chi connectivity index (χ4v) is 2.71. The van der Waals surface area contributed by atoms with Gasteiger partial charge in [-0.1, -0.05) is 19.3 Å². The van der Waals surface area contributed by atoms with E-state index in [0.29, 0.717) is 12.6 Å². The van der Waals surface area contributed by atoms with Gasteiger partial charge in [-0.05, 0) is 43.4 Å². The summed E-state index contributed by atoms with van der Waals surface area (Å²) in [7, 11) is 0. The third kappa shape index (κ3) is 3.43. The summed E-state index contributed by atoms with van der Waals surface area (Å²) < 4.78 is 0. The van der Waals surface area contributed by atoms with Crippen LogP contribution in [0, 0.1) is 12.8 Å². The van der Waals surface area contributed by atoms with Gasteiger partial charge in [-0.2, -0.15) is 0 Å². The third-order valence-electron chi connectivity index (χ3n) is 3.72. The van der Waals surface area contributed by atoms with Gasteiger partial charge in [0.25, 0.3) is 0 Å². The molecule has 0 aromatic carbocycles. The largest absolute Gasteiger partial charge is 0.366 e. The quantitative estimate of drug-likeness (QED) is 0.840. The molecule has 94 valence electrons. The normalized spacial score (nSPS) is 18.9. The minimum Gasteiger partial charge on any atom is -0.366 e. The fraction of sp³-hybridized carbons (Fsp3) is 0.643. The van der Waals surface area contributed by atoms with Crippen molar-refractivity contribution in [2.45, 2.75) is 45.1 Å². The van der Waals surface area contributed by atoms with Crippen LogP contribution < -0.4 is 11.1 Å². The van der Waals surface area contributed by atoms with Crippen LogP contribution in [0.15, 0.2) is 18.3 Å². The van der Waals surface area contributed by atoms with Crippen LogP contribution >= 0.6 is 0 Å². The molecule has 0 saturated heterocycles. The first-order valence-corrected chi connectivity index (χ1v) is 6.69. The zero-order valence-electron chi connectivity index (χ0n) is 10.7. The Bertz CT molecular complexity index is 345. The summed E-state index contributed by atoms with van der Waals surface area (Å²) in [5.74, 6) is 1.68. The van der Waals surface area contributed by atoms with E-state index in [9.17, 15) is 0 Å². The number of anilines is 1. The Morgan fingerprint density at radius 3 is 2.82 bits per heavy atom. The lowest BCUT2D eigenvalue weighted by Gasteiger charge is -2.30. The van der Waals surface area contributed by atoms with Gasteiger partial charge >= 0.3 is 0 Å². The van der Waals surface area contributed by atoms with Gasteiger partial charge in [-0.15, -0.1) is 0 Å². The maximum absolute atomic E-state index is 5.90. The summed E-state index contributed by atoms with van der Waals surface area (Å²) in [4.78, 5) is 4.36. The molecule has 0 radical (unpaired) electrons. The minimum absolute atomic E-state index is 0.379. The summed E-state index contributed by atoms with van der Waals surface area (Å²) >= 11 is 0. The smallest absolute Gasteiger partial charge is 0.126 e. The van der Waals surface area contributed by atoms with E-state index in [-0.39, 0.29) is 0 Å². The third-order valence-corrected chi connectivity index (χ3v) is 3.72. The Kier molecular flexibility index (Phi) is 4.37. The summed E-state index contributed by atoms with van der Waals surface area (Å²) in [6, 6.07) is 4.49. The Morgan fingerprint density at radius 2 is 2.18 bits per heavy atom. The number of nitrogens with one attached hydrogen (secondary N) is 1. The van der Waals surface area contributed by atoms with Gasteiger partial charge in [0.2, 0.25) is 0 Å². The number of aryl methyl sites for hydroxylation is 1. The molecule has 3 N–H and O–H groups in total. The lowest BCUT2D eigenvalue weighted by Crippen LogP contribution is -2.37. The molecule has 1 atom stereocenters. The van der Waals surface area contributed by atoms with E-state index < -0.39 is 0 Å². The molecule has 3 nitrogen and oxygen atoms in total. The molecule has 3 heteroatoms. The molecule has 0 spiro atoms. The van der Waals surface area contributed by atoms with Crippen LogP contribution in [-0.2, 0) is 0 Å². The second-order valence-corrected chi connectivity index (χ2v) is 5.10. The van der Waals surface area contributed by atoms with Crippen molar-refractivity contribution in [1.29, 1.82) is 0 Å². The minimum atomic E-state index is 0.379. The molecule has 2 rings (SSSR count). The van der Waals surface area contributed by atoms with Crippen molar-refractivity contribution in [1.82, 2.24) is 4.98 Å². The number of nitrogens with two attached hydrogens (primary N) is 1. The summed E-state index contributed by atoms with van der Waals surface area (Å²) in [6.07, 6.45) is 8.55. The van der Waals surface area contributed by atoms with Gasteiger partial charge in [0.05, 0.1) is 0 Å². The first-order chi connectivity index (χ1) is 8.29. The van der Waals surface area contributed by atoms with Gasteiger partial charge in [-0.3, -0.25) is 0 Å². The zero-order chi connectivity index (χ0) is 12.1. The number of nitrogens with zero attached hydrogens (tertiary/aromatic N) is 1. The lowest BCUT2D eigenvalue weighted by atomic mass is 9.84. The predicted octanol–water partition coefficient (Wildman–Crippen LogP) is 2.71. The van der Waals surface area contributed by atoms with Crippen LogP contribution in [-0.4, -0.2) is 17.6 Å². The first kappa shape index (κ1) is 12.4. The van der Waals surface area contributed by atoms with Crippen molar-refractivity contribution in [3.05, 3.63) is 23.9 Å². The lowest BCUT2D eigenvalue weighted by molar-refractivity contribution is 0.320. The Hall–Kier alpha value is -1.09. The topological polar surface area (TPSA) is 50.9 Å². The van der Waals surface area contributed by atoms with Crippen LogP contribution in [0.25, 0.3) is 0 Å². The zero-order valence-corrected chi connectivity index (χ0v) is 10.7. The number of rotatable bonds is 4. The maximum Gasteiger partial charge on any atom is 0.126 e. The van der Waals surface area contributed by atoms with Gasteiger partial charge in [0.15, 0.2) is 0 Å². The highest BCUT2D eigenvalue weighted by atomic mass is 15.0. The van der Waals surface area contributed by atoms with Crippen molar-refractivity contribution < 1.29 is 0 Å². The van der Waals surface area contributed by atoms with E-state index in [1.165, 1.54) is 37.7 Å². The van der Waals surface area contributed by atoms with E-state index in [1.54, 1.807) is 0 Å². The first-order valence-electron chi connectivity index (χ1n) is 6.69. The van der Waals surface area contributed by atoms with Gasteiger partial charge in [0.1, 0.15) is 5.82 Å². The highest BCUT2D eigenvalue weighted by Gasteiger charge is 2.22. The van der Waals surface area contributed by atoms with Crippen molar-refractivity contribution in [3.8, 4) is 0 Å². The van der Waals surface area contributed by atoms with Crippen LogP contribution in [0.1, 0.15) is 37.7 Å². The number of aromatic nitrogens is 1.